The zero-order valence-corrected chi connectivity index (χ0v) is 8.27. The molecule has 0 spiro atoms. The van der Waals surface area contributed by atoms with E-state index in [9.17, 15) is 15.3 Å². The summed E-state index contributed by atoms with van der Waals surface area (Å²) in [5.41, 5.74) is -0.236. The normalized spacial score (nSPS) is 42.0. The number of aliphatic hydroxyl groups is 3. The molecule has 13 heavy (non-hydrogen) atoms. The maximum atomic E-state index is 9.61. The zero-order valence-electron chi connectivity index (χ0n) is 8.27. The second-order valence-corrected chi connectivity index (χ2v) is 4.67. The number of rotatable bonds is 0. The maximum Gasteiger partial charge on any atom is 0.111 e. The predicted molar refractivity (Wildman–Crippen MR) is 47.2 cm³/mol. The molecule has 1 aliphatic rings. The highest BCUT2D eigenvalue weighted by molar-refractivity contribution is 4.92. The summed E-state index contributed by atoms with van der Waals surface area (Å²) in [5.74, 6) is 0. The van der Waals surface area contributed by atoms with E-state index in [4.69, 9.17) is 4.74 Å². The summed E-state index contributed by atoms with van der Waals surface area (Å²) in [6.07, 6.45) is -3.51. The van der Waals surface area contributed by atoms with Crippen molar-refractivity contribution < 1.29 is 20.1 Å². The molecule has 0 bridgehead atoms. The van der Waals surface area contributed by atoms with Gasteiger partial charge >= 0.3 is 0 Å². The van der Waals surface area contributed by atoms with E-state index in [-0.39, 0.29) is 12.0 Å². The van der Waals surface area contributed by atoms with Crippen molar-refractivity contribution in [2.75, 3.05) is 6.61 Å². The van der Waals surface area contributed by atoms with Crippen LogP contribution >= 0.6 is 0 Å². The van der Waals surface area contributed by atoms with Gasteiger partial charge in [-0.15, -0.1) is 0 Å². The van der Waals surface area contributed by atoms with Crippen molar-refractivity contribution in [1.82, 2.24) is 0 Å². The summed E-state index contributed by atoms with van der Waals surface area (Å²) in [6, 6.07) is 0. The highest BCUT2D eigenvalue weighted by atomic mass is 16.5. The van der Waals surface area contributed by atoms with Crippen LogP contribution in [0.2, 0.25) is 0 Å². The Morgan fingerprint density at radius 3 is 2.08 bits per heavy atom. The summed E-state index contributed by atoms with van der Waals surface area (Å²) in [4.78, 5) is 0. The van der Waals surface area contributed by atoms with E-state index in [2.05, 4.69) is 0 Å². The molecule has 2 unspecified atom stereocenters. The van der Waals surface area contributed by atoms with E-state index in [1.165, 1.54) is 0 Å². The second kappa shape index (κ2) is 3.53. The Hall–Kier alpha value is -0.160. The molecule has 3 N–H and O–H groups in total. The third kappa shape index (κ3) is 2.20. The van der Waals surface area contributed by atoms with E-state index < -0.39 is 24.4 Å². The molecule has 0 radical (unpaired) electrons. The summed E-state index contributed by atoms with van der Waals surface area (Å²) < 4.78 is 5.28. The van der Waals surface area contributed by atoms with Crippen molar-refractivity contribution in [2.24, 2.45) is 5.41 Å². The lowest BCUT2D eigenvalue weighted by molar-refractivity contribution is -0.211. The summed E-state index contributed by atoms with van der Waals surface area (Å²) in [5, 5.41) is 28.2. The molecular formula is C9H18O4. The van der Waals surface area contributed by atoms with Gasteiger partial charge in [0.05, 0.1) is 12.7 Å². The van der Waals surface area contributed by atoms with Crippen LogP contribution < -0.4 is 0 Å². The van der Waals surface area contributed by atoms with Crippen LogP contribution in [0.15, 0.2) is 0 Å². The number of ether oxygens (including phenoxy) is 1. The fourth-order valence-electron chi connectivity index (χ4n) is 1.57. The lowest BCUT2D eigenvalue weighted by Crippen LogP contribution is -2.56. The van der Waals surface area contributed by atoms with Gasteiger partial charge < -0.3 is 20.1 Å². The number of hydrogen-bond acceptors (Lipinski definition) is 4. The van der Waals surface area contributed by atoms with E-state index >= 15 is 0 Å². The SMILES string of the molecule is CC(C)(C)C1OC[C@@H](O)[C@H](O)C1O. The molecule has 4 heteroatoms. The Balaban J connectivity index is 2.70. The van der Waals surface area contributed by atoms with E-state index in [0.717, 1.165) is 0 Å². The minimum absolute atomic E-state index is 0.0835. The van der Waals surface area contributed by atoms with Crippen molar-refractivity contribution in [2.45, 2.75) is 45.2 Å². The van der Waals surface area contributed by atoms with Gasteiger partial charge in [-0.25, -0.2) is 0 Å². The van der Waals surface area contributed by atoms with Gasteiger partial charge in [0.2, 0.25) is 0 Å². The Kier molecular flexibility index (Phi) is 2.97. The molecule has 0 aromatic carbocycles. The molecule has 0 aromatic rings. The van der Waals surface area contributed by atoms with Gasteiger partial charge in [-0.05, 0) is 5.41 Å². The molecule has 4 nitrogen and oxygen atoms in total. The van der Waals surface area contributed by atoms with Crippen molar-refractivity contribution in [3.63, 3.8) is 0 Å². The van der Waals surface area contributed by atoms with Crippen molar-refractivity contribution >= 4 is 0 Å². The van der Waals surface area contributed by atoms with Crippen LogP contribution in [-0.4, -0.2) is 46.3 Å². The van der Waals surface area contributed by atoms with Gasteiger partial charge in [0.1, 0.15) is 18.3 Å². The fourth-order valence-corrected chi connectivity index (χ4v) is 1.57. The monoisotopic (exact) mass is 190 g/mol. The summed E-state index contributed by atoms with van der Waals surface area (Å²) >= 11 is 0. The van der Waals surface area contributed by atoms with Gasteiger partial charge in [-0.3, -0.25) is 0 Å². The minimum atomic E-state index is -1.10. The van der Waals surface area contributed by atoms with E-state index in [1.54, 1.807) is 0 Å². The number of aliphatic hydroxyl groups excluding tert-OH is 3. The van der Waals surface area contributed by atoms with Gasteiger partial charge in [0, 0.05) is 0 Å². The van der Waals surface area contributed by atoms with E-state index in [0.29, 0.717) is 0 Å². The van der Waals surface area contributed by atoms with Gasteiger partial charge in [0.25, 0.3) is 0 Å². The largest absolute Gasteiger partial charge is 0.388 e. The Labute approximate surface area is 78.1 Å². The highest BCUT2D eigenvalue weighted by Crippen LogP contribution is 2.30. The molecule has 1 rings (SSSR count). The smallest absolute Gasteiger partial charge is 0.111 e. The highest BCUT2D eigenvalue weighted by Gasteiger charge is 2.42. The van der Waals surface area contributed by atoms with Crippen molar-refractivity contribution in [3.05, 3.63) is 0 Å². The zero-order chi connectivity index (χ0) is 10.2. The molecule has 0 saturated carbocycles. The maximum absolute atomic E-state index is 9.61. The van der Waals surface area contributed by atoms with Crippen LogP contribution in [0.1, 0.15) is 20.8 Å². The van der Waals surface area contributed by atoms with Crippen molar-refractivity contribution in [3.8, 4) is 0 Å². The average Bonchev–Trinajstić information content (AvgIpc) is 1.98. The topological polar surface area (TPSA) is 69.9 Å². The fraction of sp³-hybridized carbons (Fsp3) is 1.00. The van der Waals surface area contributed by atoms with Crippen molar-refractivity contribution in [1.29, 1.82) is 0 Å². The van der Waals surface area contributed by atoms with Crippen LogP contribution in [-0.2, 0) is 4.74 Å². The molecule has 0 amide bonds. The molecule has 1 saturated heterocycles. The first-order valence-electron chi connectivity index (χ1n) is 4.50. The molecule has 1 aliphatic heterocycles. The third-order valence-corrected chi connectivity index (χ3v) is 2.35. The molecule has 1 fully saturated rings. The lowest BCUT2D eigenvalue weighted by Gasteiger charge is -2.41. The second-order valence-electron chi connectivity index (χ2n) is 4.67. The Bertz CT molecular complexity index is 175. The predicted octanol–water partition coefficient (Wildman–Crippen LogP) is -0.486. The molecule has 4 atom stereocenters. The van der Waals surface area contributed by atoms with Crippen LogP contribution in [0.3, 0.4) is 0 Å². The summed E-state index contributed by atoms with van der Waals surface area (Å²) in [6.45, 7) is 5.85. The quantitative estimate of drug-likeness (QED) is 0.482. The van der Waals surface area contributed by atoms with E-state index in [1.807, 2.05) is 20.8 Å². The summed E-state index contributed by atoms with van der Waals surface area (Å²) in [7, 11) is 0. The van der Waals surface area contributed by atoms with Crippen LogP contribution in [0, 0.1) is 5.41 Å². The van der Waals surface area contributed by atoms with Crippen LogP contribution in [0.25, 0.3) is 0 Å². The first-order chi connectivity index (χ1) is 5.84. The molecule has 0 aliphatic carbocycles. The minimum Gasteiger partial charge on any atom is -0.388 e. The average molecular weight is 190 g/mol. The van der Waals surface area contributed by atoms with Gasteiger partial charge in [0.15, 0.2) is 0 Å². The molecule has 1 heterocycles. The number of hydrogen-bond donors (Lipinski definition) is 3. The first-order valence-corrected chi connectivity index (χ1v) is 4.50. The molecule has 78 valence electrons. The van der Waals surface area contributed by atoms with Crippen LogP contribution in [0.5, 0.6) is 0 Å². The lowest BCUT2D eigenvalue weighted by atomic mass is 9.81. The van der Waals surface area contributed by atoms with Crippen LogP contribution in [0.4, 0.5) is 0 Å². The molecule has 0 aromatic heterocycles. The van der Waals surface area contributed by atoms with Gasteiger partial charge in [-0.2, -0.15) is 0 Å². The Morgan fingerprint density at radius 2 is 1.62 bits per heavy atom. The standard InChI is InChI=1S/C9H18O4/c1-9(2,3)8-7(12)6(11)5(10)4-13-8/h5-8,10-12H,4H2,1-3H3/t5-,6+,7?,8?/m1/s1. The van der Waals surface area contributed by atoms with Gasteiger partial charge in [-0.1, -0.05) is 20.8 Å². The first kappa shape index (κ1) is 10.9. The Morgan fingerprint density at radius 1 is 1.08 bits per heavy atom. The third-order valence-electron chi connectivity index (χ3n) is 2.35. The molecular weight excluding hydrogens is 172 g/mol.